The molecule has 0 fully saturated rings. The number of carbonyl (C=O) groups is 1. The molecule has 0 radical (unpaired) electrons. The molecule has 0 saturated carbocycles. The summed E-state index contributed by atoms with van der Waals surface area (Å²) >= 11 is 0. The zero-order valence-corrected chi connectivity index (χ0v) is 14.1. The van der Waals surface area contributed by atoms with Gasteiger partial charge < -0.3 is 9.84 Å². The van der Waals surface area contributed by atoms with Crippen LogP contribution >= 0.6 is 0 Å². The highest BCUT2D eigenvalue weighted by Crippen LogP contribution is 2.37. The van der Waals surface area contributed by atoms with Crippen molar-refractivity contribution < 1.29 is 14.6 Å². The van der Waals surface area contributed by atoms with E-state index in [1.807, 2.05) is 36.5 Å². The van der Waals surface area contributed by atoms with E-state index >= 15 is 0 Å². The van der Waals surface area contributed by atoms with Crippen LogP contribution in [0, 0.1) is 0 Å². The molecule has 0 amide bonds. The standard InChI is InChI=1S/C22H17NO3/c24-22(25)16-8-10-21-20(12-16)19(9-7-15-4-3-11-23-13-15)18-6-2-1-5-17(18)14-26-21/h1-6,8-13H,7,14H2,(H,24,25)/b19-9+. The van der Waals surface area contributed by atoms with Crippen molar-refractivity contribution in [2.24, 2.45) is 0 Å². The van der Waals surface area contributed by atoms with Gasteiger partial charge in [-0.1, -0.05) is 36.4 Å². The molecule has 2 heterocycles. The molecule has 26 heavy (non-hydrogen) atoms. The lowest BCUT2D eigenvalue weighted by Gasteiger charge is -2.11. The molecule has 128 valence electrons. The van der Waals surface area contributed by atoms with E-state index in [0.717, 1.165) is 27.8 Å². The third-order valence-corrected chi connectivity index (χ3v) is 4.47. The summed E-state index contributed by atoms with van der Waals surface area (Å²) in [5, 5.41) is 9.38. The molecular weight excluding hydrogens is 326 g/mol. The Morgan fingerprint density at radius 3 is 2.81 bits per heavy atom. The first-order valence-corrected chi connectivity index (χ1v) is 8.40. The Hall–Kier alpha value is -3.40. The van der Waals surface area contributed by atoms with Gasteiger partial charge in [-0.25, -0.2) is 4.79 Å². The van der Waals surface area contributed by atoms with Crippen molar-refractivity contribution in [2.45, 2.75) is 13.0 Å². The van der Waals surface area contributed by atoms with Crippen LogP contribution in [0.1, 0.15) is 32.6 Å². The van der Waals surface area contributed by atoms with Crippen LogP contribution in [0.15, 0.2) is 73.1 Å². The van der Waals surface area contributed by atoms with Crippen LogP contribution in [0.25, 0.3) is 5.57 Å². The first kappa shape index (κ1) is 16.1. The molecule has 0 aliphatic carbocycles. The van der Waals surface area contributed by atoms with Crippen molar-refractivity contribution in [1.82, 2.24) is 4.98 Å². The van der Waals surface area contributed by atoms with E-state index in [1.165, 1.54) is 0 Å². The van der Waals surface area contributed by atoms with E-state index < -0.39 is 5.97 Å². The number of nitrogens with zero attached hydrogens (tertiary/aromatic N) is 1. The maximum absolute atomic E-state index is 11.4. The molecule has 0 atom stereocenters. The van der Waals surface area contributed by atoms with Crippen molar-refractivity contribution >= 4 is 11.5 Å². The summed E-state index contributed by atoms with van der Waals surface area (Å²) in [7, 11) is 0. The number of hydrogen-bond donors (Lipinski definition) is 1. The maximum Gasteiger partial charge on any atom is 0.335 e. The van der Waals surface area contributed by atoms with Gasteiger partial charge in [-0.05, 0) is 52.9 Å². The molecule has 1 aromatic heterocycles. The van der Waals surface area contributed by atoms with Crippen LogP contribution in [0.3, 0.4) is 0 Å². The van der Waals surface area contributed by atoms with Crippen LogP contribution in [0.2, 0.25) is 0 Å². The summed E-state index contributed by atoms with van der Waals surface area (Å²) in [5.41, 5.74) is 5.28. The Labute approximate surface area is 151 Å². The molecule has 0 unspecified atom stereocenters. The summed E-state index contributed by atoms with van der Waals surface area (Å²) in [6, 6.07) is 17.0. The number of aromatic carboxylic acids is 1. The van der Waals surface area contributed by atoms with Crippen LogP contribution < -0.4 is 4.74 Å². The number of carboxylic acid groups (broad SMARTS) is 1. The number of aromatic nitrogens is 1. The van der Waals surface area contributed by atoms with Gasteiger partial charge in [0.1, 0.15) is 12.4 Å². The summed E-state index contributed by atoms with van der Waals surface area (Å²) in [6.07, 6.45) is 6.41. The Balaban J connectivity index is 1.87. The highest BCUT2D eigenvalue weighted by atomic mass is 16.5. The minimum atomic E-state index is -0.947. The third-order valence-electron chi connectivity index (χ3n) is 4.47. The van der Waals surface area contributed by atoms with Gasteiger partial charge in [-0.2, -0.15) is 0 Å². The predicted molar refractivity (Wildman–Crippen MR) is 99.2 cm³/mol. The molecule has 4 rings (SSSR count). The Morgan fingerprint density at radius 2 is 2.00 bits per heavy atom. The second kappa shape index (κ2) is 6.84. The highest BCUT2D eigenvalue weighted by Gasteiger charge is 2.20. The highest BCUT2D eigenvalue weighted by molar-refractivity contribution is 5.92. The summed E-state index contributed by atoms with van der Waals surface area (Å²) in [4.78, 5) is 15.6. The Morgan fingerprint density at radius 1 is 1.12 bits per heavy atom. The topological polar surface area (TPSA) is 59.4 Å². The smallest absolute Gasteiger partial charge is 0.335 e. The molecule has 1 aliphatic rings. The molecule has 1 N–H and O–H groups in total. The van der Waals surface area contributed by atoms with Gasteiger partial charge in [0, 0.05) is 18.0 Å². The Bertz CT molecular complexity index is 993. The average molecular weight is 343 g/mol. The lowest BCUT2D eigenvalue weighted by molar-refractivity contribution is 0.0697. The first-order chi connectivity index (χ1) is 12.7. The normalized spacial score (nSPS) is 14.1. The number of benzene rings is 2. The van der Waals surface area contributed by atoms with Crippen molar-refractivity contribution in [2.75, 3.05) is 0 Å². The number of allylic oxidation sites excluding steroid dienone is 1. The van der Waals surface area contributed by atoms with Gasteiger partial charge in [0.15, 0.2) is 0 Å². The lowest BCUT2D eigenvalue weighted by atomic mass is 9.92. The van der Waals surface area contributed by atoms with Crippen LogP contribution in [0.5, 0.6) is 5.75 Å². The van der Waals surface area contributed by atoms with Crippen molar-refractivity contribution in [3.8, 4) is 5.75 Å². The van der Waals surface area contributed by atoms with Crippen molar-refractivity contribution in [1.29, 1.82) is 0 Å². The average Bonchev–Trinajstić information content (AvgIpc) is 2.83. The quantitative estimate of drug-likeness (QED) is 0.768. The van der Waals surface area contributed by atoms with E-state index in [4.69, 9.17) is 4.74 Å². The summed E-state index contributed by atoms with van der Waals surface area (Å²) in [5.74, 6) is -0.249. The van der Waals surface area contributed by atoms with E-state index in [1.54, 1.807) is 24.4 Å². The fraction of sp³-hybridized carbons (Fsp3) is 0.0909. The number of carboxylic acids is 1. The van der Waals surface area contributed by atoms with Crippen LogP contribution in [-0.2, 0) is 13.0 Å². The lowest BCUT2D eigenvalue weighted by Crippen LogP contribution is -1.99. The SMILES string of the molecule is O=C(O)c1ccc2c(c1)/C(=C/Cc1cccnc1)c1ccccc1CO2. The number of fused-ring (bicyclic) bond motifs is 2. The number of hydrogen-bond acceptors (Lipinski definition) is 3. The fourth-order valence-corrected chi connectivity index (χ4v) is 3.17. The summed E-state index contributed by atoms with van der Waals surface area (Å²) in [6.45, 7) is 0.458. The van der Waals surface area contributed by atoms with E-state index in [9.17, 15) is 9.90 Å². The minimum absolute atomic E-state index is 0.249. The monoisotopic (exact) mass is 343 g/mol. The third kappa shape index (κ3) is 3.09. The van der Waals surface area contributed by atoms with E-state index in [2.05, 4.69) is 17.1 Å². The molecule has 2 aromatic carbocycles. The second-order valence-electron chi connectivity index (χ2n) is 6.15. The van der Waals surface area contributed by atoms with Crippen LogP contribution in [0.4, 0.5) is 0 Å². The van der Waals surface area contributed by atoms with E-state index in [-0.39, 0.29) is 5.56 Å². The van der Waals surface area contributed by atoms with Gasteiger partial charge in [0.05, 0.1) is 5.56 Å². The molecule has 4 heteroatoms. The maximum atomic E-state index is 11.4. The number of rotatable bonds is 3. The van der Waals surface area contributed by atoms with Gasteiger partial charge >= 0.3 is 5.97 Å². The van der Waals surface area contributed by atoms with Crippen molar-refractivity contribution in [3.05, 3.63) is 101 Å². The van der Waals surface area contributed by atoms with Gasteiger partial charge in [0.25, 0.3) is 0 Å². The number of ether oxygens (including phenoxy) is 1. The van der Waals surface area contributed by atoms with Crippen LogP contribution in [-0.4, -0.2) is 16.1 Å². The van der Waals surface area contributed by atoms with Gasteiger partial charge in [-0.3, -0.25) is 4.98 Å². The largest absolute Gasteiger partial charge is 0.488 e. The second-order valence-corrected chi connectivity index (χ2v) is 6.15. The van der Waals surface area contributed by atoms with E-state index in [0.29, 0.717) is 18.8 Å². The molecule has 1 aliphatic heterocycles. The predicted octanol–water partition coefficient (Wildman–Crippen LogP) is 4.35. The molecule has 4 nitrogen and oxygen atoms in total. The minimum Gasteiger partial charge on any atom is -0.488 e. The molecule has 0 bridgehead atoms. The van der Waals surface area contributed by atoms with Crippen molar-refractivity contribution in [3.63, 3.8) is 0 Å². The fourth-order valence-electron chi connectivity index (χ4n) is 3.17. The molecule has 0 saturated heterocycles. The molecule has 3 aromatic rings. The molecule has 0 spiro atoms. The summed E-state index contributed by atoms with van der Waals surface area (Å²) < 4.78 is 5.95. The Kier molecular flexibility index (Phi) is 4.23. The first-order valence-electron chi connectivity index (χ1n) is 8.40. The van der Waals surface area contributed by atoms with Gasteiger partial charge in [-0.15, -0.1) is 0 Å². The zero-order chi connectivity index (χ0) is 17.9. The van der Waals surface area contributed by atoms with Gasteiger partial charge in [0.2, 0.25) is 0 Å². The number of pyridine rings is 1. The zero-order valence-electron chi connectivity index (χ0n) is 14.1. The molecular formula is C22H17NO3.